The number of anilines is 2. The smallest absolute Gasteiger partial charge is 0.255 e. The van der Waals surface area contributed by atoms with Gasteiger partial charge in [-0.1, -0.05) is 12.1 Å². The number of rotatable bonds is 6. The minimum absolute atomic E-state index is 0.190. The standard InChI is InChI=1S/C27H23FN4O3/c28-21-5-11-24(12-6-21)35-26-14-13-25(30-31-26)19-1-3-20(4-2-19)27(33)29-22-7-9-23(10-8-22)32-15-17-34-18-16-32/h1-14H,15-18H2,(H,29,33). The fourth-order valence-corrected chi connectivity index (χ4v) is 3.72. The number of carbonyl (C=O) groups is 1. The van der Waals surface area contributed by atoms with Crippen LogP contribution in [0.25, 0.3) is 11.3 Å². The number of nitrogens with zero attached hydrogens (tertiary/aromatic N) is 3. The van der Waals surface area contributed by atoms with Crippen LogP contribution in [0.1, 0.15) is 10.4 Å². The maximum absolute atomic E-state index is 13.0. The first-order valence-corrected chi connectivity index (χ1v) is 11.3. The second kappa shape index (κ2) is 10.3. The van der Waals surface area contributed by atoms with Gasteiger partial charge in [-0.05, 0) is 66.7 Å². The number of halogens is 1. The highest BCUT2D eigenvalue weighted by atomic mass is 19.1. The molecule has 8 heteroatoms. The summed E-state index contributed by atoms with van der Waals surface area (Å²) in [6, 6.07) is 24.1. The summed E-state index contributed by atoms with van der Waals surface area (Å²) in [7, 11) is 0. The number of nitrogens with one attached hydrogen (secondary N) is 1. The Bertz CT molecular complexity index is 1270. The highest BCUT2D eigenvalue weighted by Crippen LogP contribution is 2.23. The van der Waals surface area contributed by atoms with Crippen molar-refractivity contribution in [2.45, 2.75) is 0 Å². The number of hydrogen-bond acceptors (Lipinski definition) is 6. The molecule has 176 valence electrons. The Kier molecular flexibility index (Phi) is 6.63. The van der Waals surface area contributed by atoms with Gasteiger partial charge in [0, 0.05) is 41.7 Å². The molecule has 1 aliphatic rings. The zero-order valence-corrected chi connectivity index (χ0v) is 18.9. The van der Waals surface area contributed by atoms with Crippen LogP contribution in [0.5, 0.6) is 11.6 Å². The Balaban J connectivity index is 1.19. The van der Waals surface area contributed by atoms with Gasteiger partial charge in [0.05, 0.1) is 18.9 Å². The average molecular weight is 471 g/mol. The molecule has 3 aromatic carbocycles. The lowest BCUT2D eigenvalue weighted by Gasteiger charge is -2.28. The van der Waals surface area contributed by atoms with Crippen LogP contribution >= 0.6 is 0 Å². The van der Waals surface area contributed by atoms with E-state index in [0.717, 1.165) is 43.2 Å². The summed E-state index contributed by atoms with van der Waals surface area (Å²) >= 11 is 0. The molecule has 0 aliphatic carbocycles. The van der Waals surface area contributed by atoms with Crippen molar-refractivity contribution in [1.29, 1.82) is 0 Å². The molecule has 1 saturated heterocycles. The van der Waals surface area contributed by atoms with E-state index >= 15 is 0 Å². The molecule has 0 atom stereocenters. The molecule has 7 nitrogen and oxygen atoms in total. The Morgan fingerprint density at radius 3 is 2.23 bits per heavy atom. The van der Waals surface area contributed by atoms with Crippen LogP contribution in [-0.4, -0.2) is 42.4 Å². The molecule has 0 radical (unpaired) electrons. The SMILES string of the molecule is O=C(Nc1ccc(N2CCOCC2)cc1)c1ccc(-c2ccc(Oc3ccc(F)cc3)nn2)cc1. The zero-order valence-electron chi connectivity index (χ0n) is 18.9. The molecule has 5 rings (SSSR count). The van der Waals surface area contributed by atoms with Gasteiger partial charge in [0.25, 0.3) is 5.91 Å². The lowest BCUT2D eigenvalue weighted by Crippen LogP contribution is -2.36. The molecule has 0 unspecified atom stereocenters. The van der Waals surface area contributed by atoms with Gasteiger partial charge >= 0.3 is 0 Å². The first-order valence-electron chi connectivity index (χ1n) is 11.3. The highest BCUT2D eigenvalue weighted by molar-refractivity contribution is 6.04. The van der Waals surface area contributed by atoms with Gasteiger partial charge in [0.2, 0.25) is 5.88 Å². The molecular weight excluding hydrogens is 447 g/mol. The number of benzene rings is 3. The monoisotopic (exact) mass is 470 g/mol. The van der Waals surface area contributed by atoms with E-state index in [-0.39, 0.29) is 11.7 Å². The molecule has 0 bridgehead atoms. The Morgan fingerprint density at radius 2 is 1.57 bits per heavy atom. The van der Waals surface area contributed by atoms with E-state index in [1.165, 1.54) is 24.3 Å². The summed E-state index contributed by atoms with van der Waals surface area (Å²) in [5, 5.41) is 11.2. The van der Waals surface area contributed by atoms with Crippen molar-refractivity contribution in [2.75, 3.05) is 36.5 Å². The summed E-state index contributed by atoms with van der Waals surface area (Å²) in [4.78, 5) is 14.9. The van der Waals surface area contributed by atoms with Crippen LogP contribution in [0.2, 0.25) is 0 Å². The van der Waals surface area contributed by atoms with Crippen molar-refractivity contribution in [1.82, 2.24) is 10.2 Å². The van der Waals surface area contributed by atoms with Gasteiger partial charge in [-0.2, -0.15) is 0 Å². The maximum atomic E-state index is 13.0. The maximum Gasteiger partial charge on any atom is 0.255 e. The lowest BCUT2D eigenvalue weighted by molar-refractivity contribution is 0.102. The van der Waals surface area contributed by atoms with Crippen LogP contribution in [0.3, 0.4) is 0 Å². The van der Waals surface area contributed by atoms with Crippen LogP contribution in [0.15, 0.2) is 84.9 Å². The largest absolute Gasteiger partial charge is 0.438 e. The van der Waals surface area contributed by atoms with E-state index in [9.17, 15) is 9.18 Å². The number of amides is 1. The highest BCUT2D eigenvalue weighted by Gasteiger charge is 2.12. The summed E-state index contributed by atoms with van der Waals surface area (Å²) in [5.74, 6) is 0.248. The molecule has 1 aliphatic heterocycles. The molecule has 2 heterocycles. The van der Waals surface area contributed by atoms with E-state index in [4.69, 9.17) is 9.47 Å². The van der Waals surface area contributed by atoms with Crippen LogP contribution in [0.4, 0.5) is 15.8 Å². The van der Waals surface area contributed by atoms with Crippen LogP contribution in [0, 0.1) is 5.82 Å². The molecule has 35 heavy (non-hydrogen) atoms. The first-order chi connectivity index (χ1) is 17.1. The van der Waals surface area contributed by atoms with Gasteiger partial charge in [0.1, 0.15) is 11.6 Å². The predicted molar refractivity (Wildman–Crippen MR) is 131 cm³/mol. The number of hydrogen-bond donors (Lipinski definition) is 1. The summed E-state index contributed by atoms with van der Waals surface area (Å²) in [6.45, 7) is 3.20. The fraction of sp³-hybridized carbons (Fsp3) is 0.148. The van der Waals surface area contributed by atoms with Gasteiger partial charge in [-0.15, -0.1) is 10.2 Å². The Labute approximate surface area is 202 Å². The molecule has 4 aromatic rings. The number of morpholine rings is 1. The van der Waals surface area contributed by atoms with E-state index < -0.39 is 0 Å². The number of carbonyl (C=O) groups excluding carboxylic acids is 1. The molecule has 1 fully saturated rings. The van der Waals surface area contributed by atoms with E-state index in [1.807, 2.05) is 36.4 Å². The molecule has 1 amide bonds. The summed E-state index contributed by atoms with van der Waals surface area (Å²) in [5.41, 5.74) is 3.85. The Morgan fingerprint density at radius 1 is 0.857 bits per heavy atom. The predicted octanol–water partition coefficient (Wildman–Crippen LogP) is 5.16. The topological polar surface area (TPSA) is 76.6 Å². The van der Waals surface area contributed by atoms with Crippen LogP contribution in [-0.2, 0) is 4.74 Å². The van der Waals surface area contributed by atoms with Crippen molar-refractivity contribution >= 4 is 17.3 Å². The second-order valence-electron chi connectivity index (χ2n) is 7.99. The molecule has 0 spiro atoms. The summed E-state index contributed by atoms with van der Waals surface area (Å²) in [6.07, 6.45) is 0. The average Bonchev–Trinajstić information content (AvgIpc) is 2.91. The van der Waals surface area contributed by atoms with Crippen molar-refractivity contribution in [3.63, 3.8) is 0 Å². The van der Waals surface area contributed by atoms with Gasteiger partial charge in [-0.3, -0.25) is 4.79 Å². The lowest BCUT2D eigenvalue weighted by atomic mass is 10.1. The van der Waals surface area contributed by atoms with Crippen molar-refractivity contribution in [3.8, 4) is 22.9 Å². The van der Waals surface area contributed by atoms with Crippen molar-refractivity contribution in [2.24, 2.45) is 0 Å². The quantitative estimate of drug-likeness (QED) is 0.419. The van der Waals surface area contributed by atoms with E-state index in [0.29, 0.717) is 22.9 Å². The molecule has 1 N–H and O–H groups in total. The third kappa shape index (κ3) is 5.62. The van der Waals surface area contributed by atoms with E-state index in [1.54, 1.807) is 24.3 Å². The van der Waals surface area contributed by atoms with Gasteiger partial charge in [-0.25, -0.2) is 4.39 Å². The third-order valence-electron chi connectivity index (χ3n) is 5.62. The second-order valence-corrected chi connectivity index (χ2v) is 7.99. The van der Waals surface area contributed by atoms with Crippen LogP contribution < -0.4 is 15.0 Å². The molecule has 1 aromatic heterocycles. The first kappa shape index (κ1) is 22.5. The minimum Gasteiger partial charge on any atom is -0.438 e. The molecular formula is C27H23FN4O3. The third-order valence-corrected chi connectivity index (χ3v) is 5.62. The Hall–Kier alpha value is -4.30. The minimum atomic E-state index is -0.336. The van der Waals surface area contributed by atoms with Gasteiger partial charge < -0.3 is 19.7 Å². The molecule has 0 saturated carbocycles. The number of aromatic nitrogens is 2. The fourth-order valence-electron chi connectivity index (χ4n) is 3.72. The number of ether oxygens (including phenoxy) is 2. The normalized spacial score (nSPS) is 13.3. The van der Waals surface area contributed by atoms with Crippen molar-refractivity contribution in [3.05, 3.63) is 96.3 Å². The van der Waals surface area contributed by atoms with E-state index in [2.05, 4.69) is 20.4 Å². The summed E-state index contributed by atoms with van der Waals surface area (Å²) < 4.78 is 24.0. The van der Waals surface area contributed by atoms with Gasteiger partial charge in [0.15, 0.2) is 0 Å². The van der Waals surface area contributed by atoms with Crippen molar-refractivity contribution < 1.29 is 18.7 Å². The zero-order chi connectivity index (χ0) is 24.0.